The van der Waals surface area contributed by atoms with E-state index in [1.165, 1.54) is 4.90 Å². The van der Waals surface area contributed by atoms with E-state index < -0.39 is 23.2 Å². The number of benzene rings is 1. The van der Waals surface area contributed by atoms with Gasteiger partial charge in [0.25, 0.3) is 5.91 Å². The van der Waals surface area contributed by atoms with Gasteiger partial charge in [-0.3, -0.25) is 4.79 Å². The highest BCUT2D eigenvalue weighted by molar-refractivity contribution is 5.94. The molecular formula is C13H16F2N2O2. The van der Waals surface area contributed by atoms with Gasteiger partial charge in [0.05, 0.1) is 12.2 Å². The summed E-state index contributed by atoms with van der Waals surface area (Å²) in [5.74, 6) is -2.25. The summed E-state index contributed by atoms with van der Waals surface area (Å²) in [5.41, 5.74) is 4.57. The van der Waals surface area contributed by atoms with Crippen LogP contribution in [0.25, 0.3) is 0 Å². The molecule has 2 N–H and O–H groups in total. The molecule has 1 heterocycles. The van der Waals surface area contributed by atoms with Gasteiger partial charge in [-0.15, -0.1) is 0 Å². The summed E-state index contributed by atoms with van der Waals surface area (Å²) in [7, 11) is 0. The fraction of sp³-hybridized carbons (Fsp3) is 0.462. The van der Waals surface area contributed by atoms with E-state index in [1.54, 1.807) is 0 Å². The van der Waals surface area contributed by atoms with Gasteiger partial charge < -0.3 is 15.4 Å². The SMILES string of the molecule is CC1CN(C(=O)c2cc(F)c(N)c(F)c2)CC(C)O1. The number of nitrogens with zero attached hydrogens (tertiary/aromatic N) is 1. The molecule has 0 saturated carbocycles. The van der Waals surface area contributed by atoms with Crippen LogP contribution in [-0.4, -0.2) is 36.1 Å². The van der Waals surface area contributed by atoms with Crippen LogP contribution in [0.2, 0.25) is 0 Å². The minimum absolute atomic E-state index is 0.0366. The molecule has 1 saturated heterocycles. The van der Waals surface area contributed by atoms with Crippen LogP contribution in [0, 0.1) is 11.6 Å². The number of nitrogens with two attached hydrogens (primary N) is 1. The first kappa shape index (κ1) is 13.7. The molecule has 2 unspecified atom stereocenters. The number of amides is 1. The maximum Gasteiger partial charge on any atom is 0.254 e. The minimum atomic E-state index is -0.919. The number of hydrogen-bond acceptors (Lipinski definition) is 3. The van der Waals surface area contributed by atoms with Crippen LogP contribution in [-0.2, 0) is 4.74 Å². The van der Waals surface area contributed by atoms with Crippen molar-refractivity contribution in [2.24, 2.45) is 0 Å². The maximum atomic E-state index is 13.4. The number of hydrogen-bond donors (Lipinski definition) is 1. The minimum Gasteiger partial charge on any atom is -0.394 e. The molecule has 1 fully saturated rings. The zero-order valence-corrected chi connectivity index (χ0v) is 10.8. The van der Waals surface area contributed by atoms with E-state index in [1.807, 2.05) is 13.8 Å². The molecule has 104 valence electrons. The summed E-state index contributed by atoms with van der Waals surface area (Å²) in [5, 5.41) is 0. The molecule has 0 aliphatic carbocycles. The smallest absolute Gasteiger partial charge is 0.254 e. The van der Waals surface area contributed by atoms with Crippen LogP contribution in [0.5, 0.6) is 0 Å². The topological polar surface area (TPSA) is 55.6 Å². The molecule has 1 aliphatic rings. The van der Waals surface area contributed by atoms with E-state index in [2.05, 4.69) is 0 Å². The second kappa shape index (κ2) is 5.13. The van der Waals surface area contributed by atoms with E-state index in [0.29, 0.717) is 13.1 Å². The van der Waals surface area contributed by atoms with Gasteiger partial charge in [-0.05, 0) is 26.0 Å². The van der Waals surface area contributed by atoms with Crippen molar-refractivity contribution in [2.45, 2.75) is 26.1 Å². The summed E-state index contributed by atoms with van der Waals surface area (Å²) >= 11 is 0. The van der Waals surface area contributed by atoms with Crippen molar-refractivity contribution in [3.63, 3.8) is 0 Å². The Morgan fingerprint density at radius 3 is 2.21 bits per heavy atom. The summed E-state index contributed by atoms with van der Waals surface area (Å²) in [6.07, 6.45) is -0.202. The number of rotatable bonds is 1. The van der Waals surface area contributed by atoms with E-state index in [9.17, 15) is 13.6 Å². The first-order valence-corrected chi connectivity index (χ1v) is 6.07. The second-order valence-electron chi connectivity index (χ2n) is 4.82. The van der Waals surface area contributed by atoms with Crippen LogP contribution < -0.4 is 5.73 Å². The predicted molar refractivity (Wildman–Crippen MR) is 66.7 cm³/mol. The standard InChI is InChI=1S/C13H16F2N2O2/c1-7-5-17(6-8(2)19-7)13(18)9-3-10(14)12(16)11(15)4-9/h3-4,7-8H,5-6,16H2,1-2H3. The van der Waals surface area contributed by atoms with Crippen molar-refractivity contribution in [2.75, 3.05) is 18.8 Å². The highest BCUT2D eigenvalue weighted by Crippen LogP contribution is 2.20. The van der Waals surface area contributed by atoms with E-state index in [-0.39, 0.29) is 17.8 Å². The molecule has 4 nitrogen and oxygen atoms in total. The molecule has 1 aromatic carbocycles. The van der Waals surface area contributed by atoms with Crippen LogP contribution >= 0.6 is 0 Å². The first-order chi connectivity index (χ1) is 8.88. The summed E-state index contributed by atoms with van der Waals surface area (Å²) in [4.78, 5) is 13.7. The highest BCUT2D eigenvalue weighted by atomic mass is 19.1. The van der Waals surface area contributed by atoms with Crippen LogP contribution in [0.15, 0.2) is 12.1 Å². The van der Waals surface area contributed by atoms with E-state index >= 15 is 0 Å². The Hall–Kier alpha value is -1.69. The lowest BCUT2D eigenvalue weighted by atomic mass is 10.1. The van der Waals surface area contributed by atoms with Crippen molar-refractivity contribution in [3.8, 4) is 0 Å². The predicted octanol–water partition coefficient (Wildman–Crippen LogP) is 1.80. The van der Waals surface area contributed by atoms with Crippen molar-refractivity contribution in [1.82, 2.24) is 4.90 Å². The van der Waals surface area contributed by atoms with Crippen LogP contribution in [0.3, 0.4) is 0 Å². The normalized spacial score (nSPS) is 23.5. The molecule has 1 amide bonds. The van der Waals surface area contributed by atoms with E-state index in [4.69, 9.17) is 10.5 Å². The van der Waals surface area contributed by atoms with Gasteiger partial charge in [-0.25, -0.2) is 8.78 Å². The van der Waals surface area contributed by atoms with Crippen molar-refractivity contribution in [1.29, 1.82) is 0 Å². The summed E-state index contributed by atoms with van der Waals surface area (Å²) < 4.78 is 32.2. The Bertz CT molecular complexity index is 474. The third-order valence-corrected chi connectivity index (χ3v) is 3.03. The molecule has 1 aromatic rings. The molecule has 1 aliphatic heterocycles. The zero-order valence-electron chi connectivity index (χ0n) is 10.8. The Balaban J connectivity index is 2.24. The van der Waals surface area contributed by atoms with Crippen molar-refractivity contribution < 1.29 is 18.3 Å². The molecule has 0 radical (unpaired) electrons. The van der Waals surface area contributed by atoms with Crippen molar-refractivity contribution in [3.05, 3.63) is 29.3 Å². The van der Waals surface area contributed by atoms with Gasteiger partial charge in [0.1, 0.15) is 17.3 Å². The molecule has 0 aromatic heterocycles. The molecule has 2 rings (SSSR count). The number of anilines is 1. The number of carbonyl (C=O) groups is 1. The summed E-state index contributed by atoms with van der Waals surface area (Å²) in [6, 6.07) is 1.93. The van der Waals surface area contributed by atoms with Gasteiger partial charge in [0.15, 0.2) is 0 Å². The Labute approximate surface area is 110 Å². The number of ether oxygens (including phenoxy) is 1. The molecule has 6 heteroatoms. The largest absolute Gasteiger partial charge is 0.394 e. The monoisotopic (exact) mass is 270 g/mol. The summed E-state index contributed by atoms with van der Waals surface area (Å²) in [6.45, 7) is 4.49. The Kier molecular flexibility index (Phi) is 3.71. The number of carbonyl (C=O) groups excluding carboxylic acids is 1. The molecule has 2 atom stereocenters. The fourth-order valence-electron chi connectivity index (χ4n) is 2.23. The van der Waals surface area contributed by atoms with Crippen molar-refractivity contribution >= 4 is 11.6 Å². The fourth-order valence-corrected chi connectivity index (χ4v) is 2.23. The quantitative estimate of drug-likeness (QED) is 0.792. The highest BCUT2D eigenvalue weighted by Gasteiger charge is 2.27. The average molecular weight is 270 g/mol. The second-order valence-corrected chi connectivity index (χ2v) is 4.82. The van der Waals surface area contributed by atoms with Gasteiger partial charge in [0.2, 0.25) is 0 Å². The number of morpholine rings is 1. The lowest BCUT2D eigenvalue weighted by Gasteiger charge is -2.35. The maximum absolute atomic E-state index is 13.4. The Morgan fingerprint density at radius 1 is 1.26 bits per heavy atom. The molecular weight excluding hydrogens is 254 g/mol. The molecule has 0 spiro atoms. The lowest BCUT2D eigenvalue weighted by Crippen LogP contribution is -2.48. The van der Waals surface area contributed by atoms with Crippen LogP contribution in [0.4, 0.5) is 14.5 Å². The van der Waals surface area contributed by atoms with Gasteiger partial charge in [0, 0.05) is 18.7 Å². The third kappa shape index (κ3) is 2.84. The molecule has 19 heavy (non-hydrogen) atoms. The zero-order chi connectivity index (χ0) is 14.2. The van der Waals surface area contributed by atoms with Gasteiger partial charge in [-0.1, -0.05) is 0 Å². The third-order valence-electron chi connectivity index (χ3n) is 3.03. The Morgan fingerprint density at radius 2 is 1.74 bits per heavy atom. The van der Waals surface area contributed by atoms with E-state index in [0.717, 1.165) is 12.1 Å². The van der Waals surface area contributed by atoms with Gasteiger partial charge in [-0.2, -0.15) is 0 Å². The molecule has 0 bridgehead atoms. The van der Waals surface area contributed by atoms with Gasteiger partial charge >= 0.3 is 0 Å². The average Bonchev–Trinajstić information content (AvgIpc) is 2.33. The number of nitrogen functional groups attached to an aromatic ring is 1. The lowest BCUT2D eigenvalue weighted by molar-refractivity contribution is -0.0586. The first-order valence-electron chi connectivity index (χ1n) is 6.07. The number of halogens is 2. The van der Waals surface area contributed by atoms with Crippen LogP contribution in [0.1, 0.15) is 24.2 Å².